The fraction of sp³-hybridized carbons (Fsp3) is 0.200. The number of nitrogens with zero attached hydrogens (tertiary/aromatic N) is 3. The van der Waals surface area contributed by atoms with E-state index in [9.17, 15) is 9.59 Å². The van der Waals surface area contributed by atoms with Crippen molar-refractivity contribution in [1.29, 1.82) is 0 Å². The van der Waals surface area contributed by atoms with Gasteiger partial charge in [0, 0.05) is 12.6 Å². The van der Waals surface area contributed by atoms with Crippen molar-refractivity contribution in [3.05, 3.63) is 96.3 Å². The van der Waals surface area contributed by atoms with Gasteiger partial charge in [-0.1, -0.05) is 54.6 Å². The number of hydrogen-bond acceptors (Lipinski definition) is 6. The first-order valence-electron chi connectivity index (χ1n) is 10.5. The van der Waals surface area contributed by atoms with Crippen LogP contribution in [-0.2, 0) is 14.3 Å². The molecule has 0 spiro atoms. The second-order valence-electron chi connectivity index (χ2n) is 7.27. The number of esters is 1. The molecule has 1 aliphatic heterocycles. The number of rotatable bonds is 7. The smallest absolute Gasteiger partial charge is 0.354 e. The van der Waals surface area contributed by atoms with Crippen LogP contribution >= 0.6 is 0 Å². The third-order valence-corrected chi connectivity index (χ3v) is 5.15. The average Bonchev–Trinajstić information content (AvgIpc) is 3.30. The van der Waals surface area contributed by atoms with Crippen molar-refractivity contribution in [2.45, 2.75) is 25.4 Å². The van der Waals surface area contributed by atoms with Gasteiger partial charge in [-0.25, -0.2) is 4.79 Å². The second-order valence-corrected chi connectivity index (χ2v) is 7.27. The molecule has 7 heteroatoms. The SMILES string of the molecule is CCOC(=O)C1=NN(c2ccccc2)C(C(=O)NC(c2ccccc2)c2ccccn2)C1. The van der Waals surface area contributed by atoms with Gasteiger partial charge in [0.2, 0.25) is 5.91 Å². The largest absolute Gasteiger partial charge is 0.461 e. The van der Waals surface area contributed by atoms with Gasteiger partial charge in [-0.2, -0.15) is 5.10 Å². The molecule has 7 nitrogen and oxygen atoms in total. The molecule has 0 aliphatic carbocycles. The molecule has 2 aromatic carbocycles. The highest BCUT2D eigenvalue weighted by molar-refractivity contribution is 6.38. The van der Waals surface area contributed by atoms with Gasteiger partial charge in [-0.05, 0) is 36.8 Å². The number of hydrazone groups is 1. The van der Waals surface area contributed by atoms with Crippen molar-refractivity contribution >= 4 is 23.3 Å². The predicted octanol–water partition coefficient (Wildman–Crippen LogP) is 3.49. The van der Waals surface area contributed by atoms with Crippen molar-refractivity contribution in [3.63, 3.8) is 0 Å². The molecule has 3 aromatic rings. The van der Waals surface area contributed by atoms with Gasteiger partial charge in [-0.15, -0.1) is 0 Å². The minimum Gasteiger partial charge on any atom is -0.461 e. The van der Waals surface area contributed by atoms with Crippen LogP contribution in [0, 0.1) is 0 Å². The Morgan fingerprint density at radius 3 is 2.38 bits per heavy atom. The molecule has 2 unspecified atom stereocenters. The summed E-state index contributed by atoms with van der Waals surface area (Å²) in [6.07, 6.45) is 1.86. The van der Waals surface area contributed by atoms with Crippen LogP contribution in [0.2, 0.25) is 0 Å². The number of anilines is 1. The van der Waals surface area contributed by atoms with E-state index in [4.69, 9.17) is 4.74 Å². The number of para-hydroxylation sites is 1. The molecule has 2 atom stereocenters. The number of aromatic nitrogens is 1. The van der Waals surface area contributed by atoms with Crippen molar-refractivity contribution in [2.75, 3.05) is 11.6 Å². The molecule has 0 saturated heterocycles. The third-order valence-electron chi connectivity index (χ3n) is 5.15. The highest BCUT2D eigenvalue weighted by Crippen LogP contribution is 2.27. The molecule has 0 fully saturated rings. The van der Waals surface area contributed by atoms with Crippen LogP contribution in [-0.4, -0.2) is 35.2 Å². The molecular formula is C25H24N4O3. The maximum absolute atomic E-state index is 13.5. The molecule has 1 aromatic heterocycles. The zero-order valence-electron chi connectivity index (χ0n) is 17.7. The summed E-state index contributed by atoms with van der Waals surface area (Å²) in [5, 5.41) is 9.13. The Kier molecular flexibility index (Phi) is 6.55. The fourth-order valence-corrected chi connectivity index (χ4v) is 3.63. The van der Waals surface area contributed by atoms with Crippen LogP contribution in [0.5, 0.6) is 0 Å². The van der Waals surface area contributed by atoms with Gasteiger partial charge in [0.1, 0.15) is 11.8 Å². The lowest BCUT2D eigenvalue weighted by molar-refractivity contribution is -0.135. The zero-order valence-corrected chi connectivity index (χ0v) is 17.7. The number of hydrogen-bond donors (Lipinski definition) is 1. The highest BCUT2D eigenvalue weighted by Gasteiger charge is 2.38. The number of carbonyl (C=O) groups is 2. The Balaban J connectivity index is 1.63. The summed E-state index contributed by atoms with van der Waals surface area (Å²) in [7, 11) is 0. The average molecular weight is 428 g/mol. The number of pyridine rings is 1. The second kappa shape index (κ2) is 9.87. The van der Waals surface area contributed by atoms with Crippen molar-refractivity contribution in [2.24, 2.45) is 5.10 Å². The van der Waals surface area contributed by atoms with Gasteiger partial charge in [0.15, 0.2) is 0 Å². The number of amides is 1. The summed E-state index contributed by atoms with van der Waals surface area (Å²) in [5.41, 5.74) is 2.59. The summed E-state index contributed by atoms with van der Waals surface area (Å²) in [5.74, 6) is -0.760. The Morgan fingerprint density at radius 2 is 1.72 bits per heavy atom. The molecule has 0 bridgehead atoms. The van der Waals surface area contributed by atoms with E-state index < -0.39 is 18.1 Å². The first kappa shape index (κ1) is 21.2. The highest BCUT2D eigenvalue weighted by atomic mass is 16.5. The first-order valence-corrected chi connectivity index (χ1v) is 10.5. The number of benzene rings is 2. The Morgan fingerprint density at radius 1 is 1.03 bits per heavy atom. The van der Waals surface area contributed by atoms with Crippen LogP contribution in [0.3, 0.4) is 0 Å². The minimum absolute atomic E-state index is 0.156. The molecular weight excluding hydrogens is 404 g/mol. The maximum atomic E-state index is 13.5. The van der Waals surface area contributed by atoms with E-state index in [1.54, 1.807) is 18.1 Å². The van der Waals surface area contributed by atoms with Gasteiger partial charge >= 0.3 is 5.97 Å². The van der Waals surface area contributed by atoms with E-state index in [1.807, 2.05) is 78.9 Å². The lowest BCUT2D eigenvalue weighted by Crippen LogP contribution is -2.44. The van der Waals surface area contributed by atoms with Crippen molar-refractivity contribution in [3.8, 4) is 0 Å². The lowest BCUT2D eigenvalue weighted by atomic mass is 10.0. The van der Waals surface area contributed by atoms with E-state index in [-0.39, 0.29) is 24.6 Å². The van der Waals surface area contributed by atoms with Gasteiger partial charge in [0.05, 0.1) is 24.0 Å². The van der Waals surface area contributed by atoms with Crippen LogP contribution in [0.25, 0.3) is 0 Å². The maximum Gasteiger partial charge on any atom is 0.354 e. The summed E-state index contributed by atoms with van der Waals surface area (Å²) in [6, 6.07) is 23.5. The van der Waals surface area contributed by atoms with Crippen LogP contribution in [0.4, 0.5) is 5.69 Å². The normalized spacial score (nSPS) is 16.2. The van der Waals surface area contributed by atoms with Crippen LogP contribution in [0.1, 0.15) is 30.6 Å². The number of nitrogens with one attached hydrogen (secondary N) is 1. The van der Waals surface area contributed by atoms with Gasteiger partial charge in [-0.3, -0.25) is 14.8 Å². The monoisotopic (exact) mass is 428 g/mol. The standard InChI is InChI=1S/C25H24N4O3/c1-2-32-25(31)21-17-22(29(28-21)19-13-7-4-8-14-19)24(30)27-23(18-11-5-3-6-12-18)20-15-9-10-16-26-20/h3-16,22-23H,2,17H2,1H3,(H,27,30). The van der Waals surface area contributed by atoms with Crippen LogP contribution < -0.4 is 10.3 Å². The third kappa shape index (κ3) is 4.67. The van der Waals surface area contributed by atoms with Crippen molar-refractivity contribution in [1.82, 2.24) is 10.3 Å². The summed E-state index contributed by atoms with van der Waals surface area (Å²) < 4.78 is 5.12. The van der Waals surface area contributed by atoms with Gasteiger partial charge < -0.3 is 10.1 Å². The number of carbonyl (C=O) groups excluding carboxylic acids is 2. The molecule has 2 heterocycles. The minimum atomic E-state index is -0.688. The molecule has 162 valence electrons. The van der Waals surface area contributed by atoms with Crippen molar-refractivity contribution < 1.29 is 14.3 Å². The Labute approximate surface area is 186 Å². The topological polar surface area (TPSA) is 83.9 Å². The van der Waals surface area contributed by atoms with E-state index in [0.717, 1.165) is 16.9 Å². The summed E-state index contributed by atoms with van der Waals surface area (Å²) in [4.78, 5) is 30.3. The van der Waals surface area contributed by atoms with E-state index in [0.29, 0.717) is 0 Å². The van der Waals surface area contributed by atoms with Gasteiger partial charge in [0.25, 0.3) is 0 Å². The fourth-order valence-electron chi connectivity index (χ4n) is 3.63. The molecule has 1 N–H and O–H groups in total. The lowest BCUT2D eigenvalue weighted by Gasteiger charge is -2.26. The Bertz CT molecular complexity index is 1050. The molecule has 1 aliphatic rings. The first-order chi connectivity index (χ1) is 15.7. The van der Waals surface area contributed by atoms with Crippen LogP contribution in [0.15, 0.2) is 90.2 Å². The van der Waals surface area contributed by atoms with E-state index in [1.165, 1.54) is 0 Å². The van der Waals surface area contributed by atoms with E-state index in [2.05, 4.69) is 15.4 Å². The quantitative estimate of drug-likeness (QED) is 0.583. The molecule has 32 heavy (non-hydrogen) atoms. The predicted molar refractivity (Wildman–Crippen MR) is 122 cm³/mol. The molecule has 0 radical (unpaired) electrons. The summed E-state index contributed by atoms with van der Waals surface area (Å²) in [6.45, 7) is 1.99. The molecule has 0 saturated carbocycles. The van der Waals surface area contributed by atoms with E-state index >= 15 is 0 Å². The zero-order chi connectivity index (χ0) is 22.3. The summed E-state index contributed by atoms with van der Waals surface area (Å²) >= 11 is 0. The molecule has 1 amide bonds. The number of ether oxygens (including phenoxy) is 1. The molecule has 4 rings (SSSR count). The Hall–Kier alpha value is -4.00.